The highest BCUT2D eigenvalue weighted by Gasteiger charge is 2.37. The third-order valence-electron chi connectivity index (χ3n) is 4.69. The molecule has 1 aromatic rings. The van der Waals surface area contributed by atoms with E-state index >= 15 is 0 Å². The highest BCUT2D eigenvalue weighted by molar-refractivity contribution is 5.76. The summed E-state index contributed by atoms with van der Waals surface area (Å²) in [6.45, 7) is 5.92. The molecule has 1 saturated carbocycles. The lowest BCUT2D eigenvalue weighted by Crippen LogP contribution is -2.46. The Labute approximate surface area is 150 Å². The van der Waals surface area contributed by atoms with Gasteiger partial charge in [-0.05, 0) is 25.8 Å². The van der Waals surface area contributed by atoms with Crippen LogP contribution in [-0.2, 0) is 22.3 Å². The monoisotopic (exact) mass is 374 g/mol. The molecule has 1 N–H and O–H groups in total. The number of alkyl halides is 3. The van der Waals surface area contributed by atoms with E-state index in [-0.39, 0.29) is 30.8 Å². The van der Waals surface area contributed by atoms with Crippen LogP contribution in [0.2, 0.25) is 0 Å². The molecule has 9 heteroatoms. The average Bonchev–Trinajstić information content (AvgIpc) is 3.32. The maximum atomic E-state index is 12.9. The fraction of sp³-hybridized carbons (Fsp3) is 0.765. The molecule has 0 spiro atoms. The molecule has 1 aliphatic carbocycles. The van der Waals surface area contributed by atoms with Gasteiger partial charge in [0.05, 0.1) is 13.2 Å². The van der Waals surface area contributed by atoms with Crippen molar-refractivity contribution in [3.05, 3.63) is 17.5 Å². The van der Waals surface area contributed by atoms with Gasteiger partial charge in [0.15, 0.2) is 5.69 Å². The standard InChI is InChI=1S/C17H25F3N4O2/c1-12(11-23-6-8-26-9-7-23)21-16(25)4-5-24-14(13-2-3-13)10-15(22-24)17(18,19)20/h10,12-13H,2-9,11H2,1H3,(H,21,25)/t12-/m1/s1. The molecule has 0 radical (unpaired) electrons. The maximum absolute atomic E-state index is 12.9. The Morgan fingerprint density at radius 3 is 2.69 bits per heavy atom. The van der Waals surface area contributed by atoms with Crippen molar-refractivity contribution in [3.8, 4) is 0 Å². The number of carbonyl (C=O) groups excluding carboxylic acids is 1. The first kappa shape index (κ1) is 19.2. The molecule has 3 rings (SSSR count). The zero-order chi connectivity index (χ0) is 18.7. The van der Waals surface area contributed by atoms with Gasteiger partial charge in [-0.15, -0.1) is 0 Å². The highest BCUT2D eigenvalue weighted by atomic mass is 19.4. The normalized spacial score (nSPS) is 20.2. The van der Waals surface area contributed by atoms with Gasteiger partial charge in [-0.3, -0.25) is 14.4 Å². The van der Waals surface area contributed by atoms with Crippen molar-refractivity contribution in [3.63, 3.8) is 0 Å². The zero-order valence-corrected chi connectivity index (χ0v) is 14.9. The van der Waals surface area contributed by atoms with Gasteiger partial charge in [0.25, 0.3) is 0 Å². The molecule has 2 fully saturated rings. The van der Waals surface area contributed by atoms with E-state index in [9.17, 15) is 18.0 Å². The number of rotatable bonds is 7. The predicted octanol–water partition coefficient (Wildman–Crippen LogP) is 2.01. The second kappa shape index (κ2) is 7.96. The van der Waals surface area contributed by atoms with Gasteiger partial charge >= 0.3 is 6.18 Å². The number of morpholine rings is 1. The van der Waals surface area contributed by atoms with Crippen LogP contribution in [0.1, 0.15) is 43.5 Å². The molecular weight excluding hydrogens is 349 g/mol. The van der Waals surface area contributed by atoms with E-state index in [2.05, 4.69) is 15.3 Å². The summed E-state index contributed by atoms with van der Waals surface area (Å²) in [5, 5.41) is 6.59. The Morgan fingerprint density at radius 1 is 1.38 bits per heavy atom. The second-order valence-corrected chi connectivity index (χ2v) is 7.08. The summed E-state index contributed by atoms with van der Waals surface area (Å²) in [7, 11) is 0. The second-order valence-electron chi connectivity index (χ2n) is 7.08. The highest BCUT2D eigenvalue weighted by Crippen LogP contribution is 2.42. The van der Waals surface area contributed by atoms with E-state index in [0.29, 0.717) is 18.9 Å². The smallest absolute Gasteiger partial charge is 0.379 e. The van der Waals surface area contributed by atoms with Crippen LogP contribution < -0.4 is 5.32 Å². The lowest BCUT2D eigenvalue weighted by Gasteiger charge is -2.29. The summed E-state index contributed by atoms with van der Waals surface area (Å²) < 4.78 is 45.3. The van der Waals surface area contributed by atoms with E-state index < -0.39 is 11.9 Å². The molecule has 1 aliphatic heterocycles. The van der Waals surface area contributed by atoms with Crippen molar-refractivity contribution in [1.29, 1.82) is 0 Å². The molecule has 0 unspecified atom stereocenters. The average molecular weight is 374 g/mol. The number of nitrogens with zero attached hydrogens (tertiary/aromatic N) is 3. The van der Waals surface area contributed by atoms with Crippen molar-refractivity contribution in [1.82, 2.24) is 20.0 Å². The Kier molecular flexibility index (Phi) is 5.86. The minimum Gasteiger partial charge on any atom is -0.379 e. The molecular formula is C17H25F3N4O2. The number of carbonyl (C=O) groups is 1. The molecule has 6 nitrogen and oxygen atoms in total. The summed E-state index contributed by atoms with van der Waals surface area (Å²) in [6, 6.07) is 1.10. The van der Waals surface area contributed by atoms with Gasteiger partial charge in [0.1, 0.15) is 0 Å². The van der Waals surface area contributed by atoms with Crippen molar-refractivity contribution < 1.29 is 22.7 Å². The van der Waals surface area contributed by atoms with Crippen LogP contribution >= 0.6 is 0 Å². The van der Waals surface area contributed by atoms with Crippen LogP contribution in [0.3, 0.4) is 0 Å². The van der Waals surface area contributed by atoms with Crippen molar-refractivity contribution in [2.45, 2.75) is 50.9 Å². The summed E-state index contributed by atoms with van der Waals surface area (Å²) in [6.07, 6.45) is -2.58. The number of aromatic nitrogens is 2. The third-order valence-corrected chi connectivity index (χ3v) is 4.69. The van der Waals surface area contributed by atoms with Gasteiger partial charge in [-0.1, -0.05) is 0 Å². The first-order valence-electron chi connectivity index (χ1n) is 9.07. The molecule has 1 saturated heterocycles. The van der Waals surface area contributed by atoms with Crippen LogP contribution in [0.15, 0.2) is 6.07 Å². The Hall–Kier alpha value is -1.61. The number of hydrogen-bond donors (Lipinski definition) is 1. The molecule has 26 heavy (non-hydrogen) atoms. The number of ether oxygens (including phenoxy) is 1. The topological polar surface area (TPSA) is 59.4 Å². The molecule has 2 heterocycles. The SMILES string of the molecule is C[C@H](CN1CCOCC1)NC(=O)CCn1nc(C(F)(F)F)cc1C1CC1. The predicted molar refractivity (Wildman–Crippen MR) is 88.7 cm³/mol. The number of aryl methyl sites for hydroxylation is 1. The van der Waals surface area contributed by atoms with E-state index in [4.69, 9.17) is 4.74 Å². The number of amides is 1. The Bertz CT molecular complexity index is 622. The molecule has 1 atom stereocenters. The van der Waals surface area contributed by atoms with Gasteiger partial charge in [-0.25, -0.2) is 0 Å². The molecule has 1 amide bonds. The fourth-order valence-corrected chi connectivity index (χ4v) is 3.23. The van der Waals surface area contributed by atoms with Gasteiger partial charge < -0.3 is 10.1 Å². The zero-order valence-electron chi connectivity index (χ0n) is 14.9. The van der Waals surface area contributed by atoms with Crippen LogP contribution in [0, 0.1) is 0 Å². The summed E-state index contributed by atoms with van der Waals surface area (Å²) in [4.78, 5) is 14.4. The lowest BCUT2D eigenvalue weighted by molar-refractivity contribution is -0.141. The van der Waals surface area contributed by atoms with Crippen molar-refractivity contribution in [2.75, 3.05) is 32.8 Å². The van der Waals surface area contributed by atoms with E-state index in [1.165, 1.54) is 4.68 Å². The largest absolute Gasteiger partial charge is 0.435 e. The number of halogens is 3. The minimum absolute atomic E-state index is 0.0214. The summed E-state index contributed by atoms with van der Waals surface area (Å²) in [5.41, 5.74) is -0.285. The lowest BCUT2D eigenvalue weighted by atomic mass is 10.2. The molecule has 2 aliphatic rings. The molecule has 0 aromatic carbocycles. The summed E-state index contributed by atoms with van der Waals surface area (Å²) >= 11 is 0. The van der Waals surface area contributed by atoms with E-state index in [0.717, 1.165) is 38.5 Å². The van der Waals surface area contributed by atoms with E-state index in [1.807, 2.05) is 6.92 Å². The van der Waals surface area contributed by atoms with Gasteiger partial charge in [0.2, 0.25) is 5.91 Å². The van der Waals surface area contributed by atoms with Gasteiger partial charge in [-0.2, -0.15) is 18.3 Å². The van der Waals surface area contributed by atoms with Crippen molar-refractivity contribution >= 4 is 5.91 Å². The quantitative estimate of drug-likeness (QED) is 0.793. The third kappa shape index (κ3) is 5.20. The maximum Gasteiger partial charge on any atom is 0.435 e. The van der Waals surface area contributed by atoms with Crippen LogP contribution in [-0.4, -0.2) is 59.5 Å². The molecule has 0 bridgehead atoms. The fourth-order valence-electron chi connectivity index (χ4n) is 3.23. The Balaban J connectivity index is 1.50. The van der Waals surface area contributed by atoms with Crippen LogP contribution in [0.5, 0.6) is 0 Å². The first-order valence-corrected chi connectivity index (χ1v) is 9.07. The molecule has 146 valence electrons. The molecule has 1 aromatic heterocycles. The first-order chi connectivity index (χ1) is 12.3. The number of nitrogens with one attached hydrogen (secondary N) is 1. The van der Waals surface area contributed by atoms with Gasteiger partial charge in [0, 0.05) is 50.3 Å². The van der Waals surface area contributed by atoms with Crippen LogP contribution in [0.25, 0.3) is 0 Å². The Morgan fingerprint density at radius 2 is 2.08 bits per heavy atom. The van der Waals surface area contributed by atoms with Crippen LogP contribution in [0.4, 0.5) is 13.2 Å². The minimum atomic E-state index is -4.45. The summed E-state index contributed by atoms with van der Waals surface area (Å²) in [5.74, 6) is -0.0292. The van der Waals surface area contributed by atoms with E-state index in [1.54, 1.807) is 0 Å². The van der Waals surface area contributed by atoms with Crippen molar-refractivity contribution in [2.24, 2.45) is 0 Å². The number of hydrogen-bond acceptors (Lipinski definition) is 4.